The number of nitrogens with zero attached hydrogens (tertiary/aromatic N) is 1. The summed E-state index contributed by atoms with van der Waals surface area (Å²) in [5, 5.41) is 0. The summed E-state index contributed by atoms with van der Waals surface area (Å²) in [6.07, 6.45) is 7.86. The number of benzene rings is 3. The molecule has 2 aliphatic rings. The van der Waals surface area contributed by atoms with Crippen LogP contribution in [0.15, 0.2) is 66.2 Å². The summed E-state index contributed by atoms with van der Waals surface area (Å²) in [6.45, 7) is 2.93. The average Bonchev–Trinajstić information content (AvgIpc) is 3.13. The van der Waals surface area contributed by atoms with Gasteiger partial charge in [0.25, 0.3) is 0 Å². The maximum absolute atomic E-state index is 13.0. The molecule has 0 N–H and O–H groups in total. The van der Waals surface area contributed by atoms with Gasteiger partial charge in [-0.05, 0) is 65.8 Å². The Labute approximate surface area is 237 Å². The Morgan fingerprint density at radius 2 is 1.33 bits per heavy atom. The number of likely N-dealkylation sites (tertiary alicyclic amines) is 1. The Kier molecular flexibility index (Phi) is 9.50. The second-order valence-electron chi connectivity index (χ2n) is 9.77. The van der Waals surface area contributed by atoms with E-state index in [0.29, 0.717) is 29.2 Å². The molecule has 0 aromatic heterocycles. The van der Waals surface area contributed by atoms with E-state index in [1.165, 1.54) is 33.4 Å². The number of fused-ring (bicyclic) bond motifs is 2. The van der Waals surface area contributed by atoms with E-state index in [1.807, 2.05) is 0 Å². The van der Waals surface area contributed by atoms with Crippen molar-refractivity contribution in [3.05, 3.63) is 94.1 Å². The summed E-state index contributed by atoms with van der Waals surface area (Å²) in [7, 11) is 4.69. The molecule has 0 radical (unpaired) electrons. The van der Waals surface area contributed by atoms with Gasteiger partial charge < -0.3 is 19.1 Å². The Hall–Kier alpha value is -3.54. The van der Waals surface area contributed by atoms with Crippen molar-refractivity contribution in [3.8, 4) is 17.2 Å². The molecule has 0 bridgehead atoms. The van der Waals surface area contributed by atoms with Gasteiger partial charge in [-0.3, -0.25) is 4.79 Å². The highest BCUT2D eigenvalue weighted by Gasteiger charge is 2.23. The zero-order chi connectivity index (χ0) is 26.5. The Morgan fingerprint density at radius 3 is 1.85 bits per heavy atom. The number of rotatable bonds is 8. The smallest absolute Gasteiger partial charge is 0.203 e. The number of ether oxygens (including phenoxy) is 3. The lowest BCUT2D eigenvalue weighted by molar-refractivity contribution is 0.0973. The second-order valence-corrected chi connectivity index (χ2v) is 9.77. The van der Waals surface area contributed by atoms with Crippen LogP contribution in [0.4, 0.5) is 0 Å². The van der Waals surface area contributed by atoms with E-state index in [9.17, 15) is 4.79 Å². The van der Waals surface area contributed by atoms with Crippen LogP contribution in [0.1, 0.15) is 58.3 Å². The van der Waals surface area contributed by atoms with Crippen LogP contribution >= 0.6 is 12.4 Å². The summed E-state index contributed by atoms with van der Waals surface area (Å²) in [5.74, 6) is 1.59. The van der Waals surface area contributed by atoms with Crippen molar-refractivity contribution in [1.82, 2.24) is 4.90 Å². The predicted molar refractivity (Wildman–Crippen MR) is 160 cm³/mol. The quantitative estimate of drug-likeness (QED) is 0.219. The van der Waals surface area contributed by atoms with E-state index >= 15 is 0 Å². The zero-order valence-corrected chi connectivity index (χ0v) is 23.7. The topological polar surface area (TPSA) is 48.0 Å². The van der Waals surface area contributed by atoms with Gasteiger partial charge in [-0.25, -0.2) is 0 Å². The van der Waals surface area contributed by atoms with Crippen LogP contribution in [0.5, 0.6) is 17.2 Å². The highest BCUT2D eigenvalue weighted by molar-refractivity contribution is 5.97. The second kappa shape index (κ2) is 13.0. The fourth-order valence-corrected chi connectivity index (χ4v) is 5.59. The Balaban J connectivity index is 0.00000353. The van der Waals surface area contributed by atoms with Gasteiger partial charge in [0.1, 0.15) is 0 Å². The van der Waals surface area contributed by atoms with Crippen LogP contribution in [0, 0.1) is 0 Å². The molecule has 1 fully saturated rings. The van der Waals surface area contributed by atoms with Crippen LogP contribution in [-0.4, -0.2) is 51.6 Å². The maximum atomic E-state index is 13.0. The van der Waals surface area contributed by atoms with Crippen LogP contribution in [0.3, 0.4) is 0 Å². The molecule has 3 aromatic rings. The molecule has 3 aromatic carbocycles. The molecule has 5 nitrogen and oxygen atoms in total. The SMILES string of the molecule is COc1cc(C(=O)CCCN2CCC(=C3c4ccccc4C=Cc4ccccc43)CC2)cc(OC)c1OC.Cl. The third kappa shape index (κ3) is 6.05. The zero-order valence-electron chi connectivity index (χ0n) is 22.9. The number of carbonyl (C=O) groups excluding carboxylic acids is 1. The summed E-state index contributed by atoms with van der Waals surface area (Å²) >= 11 is 0. The van der Waals surface area contributed by atoms with Gasteiger partial charge in [0.2, 0.25) is 5.75 Å². The first-order valence-corrected chi connectivity index (χ1v) is 13.3. The first-order valence-electron chi connectivity index (χ1n) is 13.3. The van der Waals surface area contributed by atoms with E-state index in [-0.39, 0.29) is 18.2 Å². The standard InChI is InChI=1S/C33H35NO4.ClH/c1-36-30-21-26(22-31(37-2)33(30)38-3)29(35)13-8-18-34-19-16-25(17-20-34)32-27-11-6-4-9-23(27)14-15-24-10-5-7-12-28(24)32;/h4-7,9-12,14-15,21-22H,8,13,16-20H2,1-3H3;1H. The number of hydrogen-bond donors (Lipinski definition) is 0. The van der Waals surface area contributed by atoms with Gasteiger partial charge >= 0.3 is 0 Å². The molecule has 1 heterocycles. The number of carbonyl (C=O) groups is 1. The van der Waals surface area contributed by atoms with Gasteiger partial charge in [0, 0.05) is 25.1 Å². The Morgan fingerprint density at radius 1 is 0.795 bits per heavy atom. The van der Waals surface area contributed by atoms with E-state index < -0.39 is 0 Å². The average molecular weight is 546 g/mol. The molecule has 0 spiro atoms. The molecule has 0 amide bonds. The highest BCUT2D eigenvalue weighted by atomic mass is 35.5. The maximum Gasteiger partial charge on any atom is 0.203 e. The first-order chi connectivity index (χ1) is 18.6. The minimum Gasteiger partial charge on any atom is -0.493 e. The van der Waals surface area contributed by atoms with E-state index in [1.54, 1.807) is 33.5 Å². The molecular weight excluding hydrogens is 510 g/mol. The lowest BCUT2D eigenvalue weighted by atomic mass is 9.86. The molecule has 0 unspecified atom stereocenters. The third-order valence-corrected chi connectivity index (χ3v) is 7.58. The number of methoxy groups -OCH3 is 3. The number of ketones is 1. The largest absolute Gasteiger partial charge is 0.493 e. The van der Waals surface area contributed by atoms with Gasteiger partial charge in [-0.2, -0.15) is 0 Å². The van der Waals surface area contributed by atoms with E-state index in [4.69, 9.17) is 14.2 Å². The molecule has 1 aliphatic carbocycles. The van der Waals surface area contributed by atoms with Crippen molar-refractivity contribution < 1.29 is 19.0 Å². The Bertz CT molecular complexity index is 1310. The van der Waals surface area contributed by atoms with Gasteiger partial charge in [-0.1, -0.05) is 66.3 Å². The molecule has 1 aliphatic heterocycles. The predicted octanol–water partition coefficient (Wildman–Crippen LogP) is 7.18. The molecule has 204 valence electrons. The van der Waals surface area contributed by atoms with Gasteiger partial charge in [0.05, 0.1) is 21.3 Å². The number of piperidine rings is 1. The van der Waals surface area contributed by atoms with Gasteiger partial charge in [0.15, 0.2) is 17.3 Å². The molecule has 39 heavy (non-hydrogen) atoms. The number of halogens is 1. The van der Waals surface area contributed by atoms with Crippen molar-refractivity contribution in [1.29, 1.82) is 0 Å². The molecular formula is C33H36ClNO4. The summed E-state index contributed by atoms with van der Waals surface area (Å²) in [5.41, 5.74) is 8.72. The molecule has 1 saturated heterocycles. The summed E-state index contributed by atoms with van der Waals surface area (Å²) < 4.78 is 16.2. The van der Waals surface area contributed by atoms with Gasteiger partial charge in [-0.15, -0.1) is 12.4 Å². The fourth-order valence-electron chi connectivity index (χ4n) is 5.59. The van der Waals surface area contributed by atoms with E-state index in [0.717, 1.165) is 38.9 Å². The van der Waals surface area contributed by atoms with Crippen molar-refractivity contribution >= 4 is 35.9 Å². The molecule has 0 atom stereocenters. The normalized spacial score (nSPS) is 14.5. The lowest BCUT2D eigenvalue weighted by Gasteiger charge is -2.30. The first kappa shape index (κ1) is 28.5. The van der Waals surface area contributed by atoms with Crippen molar-refractivity contribution in [3.63, 3.8) is 0 Å². The van der Waals surface area contributed by atoms with Crippen LogP contribution in [0.2, 0.25) is 0 Å². The van der Waals surface area contributed by atoms with Crippen LogP contribution in [-0.2, 0) is 0 Å². The fraction of sp³-hybridized carbons (Fsp3) is 0.303. The van der Waals surface area contributed by atoms with Crippen molar-refractivity contribution in [2.45, 2.75) is 25.7 Å². The number of hydrogen-bond acceptors (Lipinski definition) is 5. The minimum absolute atomic E-state index is 0. The lowest BCUT2D eigenvalue weighted by Crippen LogP contribution is -2.32. The molecule has 6 heteroatoms. The summed E-state index contributed by atoms with van der Waals surface area (Å²) in [6, 6.07) is 20.9. The molecule has 5 rings (SSSR count). The highest BCUT2D eigenvalue weighted by Crippen LogP contribution is 2.40. The monoisotopic (exact) mass is 545 g/mol. The van der Waals surface area contributed by atoms with Crippen LogP contribution < -0.4 is 14.2 Å². The third-order valence-electron chi connectivity index (χ3n) is 7.58. The van der Waals surface area contributed by atoms with Crippen molar-refractivity contribution in [2.75, 3.05) is 41.0 Å². The van der Waals surface area contributed by atoms with Crippen molar-refractivity contribution in [2.24, 2.45) is 0 Å². The van der Waals surface area contributed by atoms with E-state index in [2.05, 4.69) is 65.6 Å². The summed E-state index contributed by atoms with van der Waals surface area (Å²) in [4.78, 5) is 15.4. The number of Topliss-reactive ketones (excluding diaryl/α,β-unsaturated/α-hetero) is 1. The van der Waals surface area contributed by atoms with Crippen LogP contribution in [0.25, 0.3) is 17.7 Å². The molecule has 0 saturated carbocycles. The minimum atomic E-state index is 0.